The second-order valence-corrected chi connectivity index (χ2v) is 5.59. The summed E-state index contributed by atoms with van der Waals surface area (Å²) in [5, 5.41) is 6.45. The Labute approximate surface area is 138 Å². The molecule has 1 aromatic rings. The van der Waals surface area contributed by atoms with Gasteiger partial charge in [-0.05, 0) is 37.6 Å². The van der Waals surface area contributed by atoms with Crippen LogP contribution in [0.25, 0.3) is 0 Å². The molecule has 0 atom stereocenters. The molecule has 0 spiro atoms. The number of aryl methyl sites for hydroxylation is 1. The lowest BCUT2D eigenvalue weighted by molar-refractivity contribution is 0.180. The zero-order valence-electron chi connectivity index (χ0n) is 14.7. The van der Waals surface area contributed by atoms with Crippen molar-refractivity contribution in [1.29, 1.82) is 0 Å². The Morgan fingerprint density at radius 1 is 1.30 bits per heavy atom. The van der Waals surface area contributed by atoms with Gasteiger partial charge in [0.1, 0.15) is 5.82 Å². The lowest BCUT2D eigenvalue weighted by atomic mass is 10.1. The van der Waals surface area contributed by atoms with Crippen LogP contribution in [-0.2, 0) is 11.3 Å². The number of halogens is 1. The largest absolute Gasteiger partial charge is 0.385 e. The average molecular weight is 324 g/mol. The lowest BCUT2D eigenvalue weighted by Gasteiger charge is -2.18. The second kappa shape index (κ2) is 11.0. The van der Waals surface area contributed by atoms with Crippen LogP contribution in [-0.4, -0.2) is 58.3 Å². The van der Waals surface area contributed by atoms with Gasteiger partial charge in [0.15, 0.2) is 5.96 Å². The van der Waals surface area contributed by atoms with Crippen molar-refractivity contribution in [3.63, 3.8) is 0 Å². The van der Waals surface area contributed by atoms with E-state index in [9.17, 15) is 4.39 Å². The molecule has 0 unspecified atom stereocenters. The smallest absolute Gasteiger partial charge is 0.191 e. The summed E-state index contributed by atoms with van der Waals surface area (Å²) in [6.45, 7) is 5.81. The first-order valence-corrected chi connectivity index (χ1v) is 7.94. The van der Waals surface area contributed by atoms with Crippen LogP contribution in [0.2, 0.25) is 0 Å². The highest BCUT2D eigenvalue weighted by molar-refractivity contribution is 5.79. The number of rotatable bonds is 9. The Bertz CT molecular complexity index is 493. The van der Waals surface area contributed by atoms with E-state index < -0.39 is 0 Å². The molecule has 0 aliphatic rings. The van der Waals surface area contributed by atoms with E-state index in [0.29, 0.717) is 12.1 Å². The molecule has 5 nitrogen and oxygen atoms in total. The number of benzene rings is 1. The molecule has 1 rings (SSSR count). The van der Waals surface area contributed by atoms with Gasteiger partial charge in [0.25, 0.3) is 0 Å². The van der Waals surface area contributed by atoms with E-state index in [0.717, 1.165) is 44.2 Å². The molecule has 0 heterocycles. The van der Waals surface area contributed by atoms with Gasteiger partial charge < -0.3 is 20.3 Å². The Morgan fingerprint density at radius 3 is 2.74 bits per heavy atom. The van der Waals surface area contributed by atoms with Crippen LogP contribution >= 0.6 is 0 Å². The molecule has 0 aliphatic carbocycles. The minimum Gasteiger partial charge on any atom is -0.385 e. The number of guanidine groups is 1. The van der Waals surface area contributed by atoms with E-state index in [-0.39, 0.29) is 5.82 Å². The predicted molar refractivity (Wildman–Crippen MR) is 93.3 cm³/mol. The number of aliphatic imine (C=N–C) groups is 1. The zero-order chi connectivity index (χ0) is 17.1. The molecule has 23 heavy (non-hydrogen) atoms. The van der Waals surface area contributed by atoms with Gasteiger partial charge in [0.2, 0.25) is 0 Å². The number of nitrogens with one attached hydrogen (secondary N) is 2. The first-order chi connectivity index (χ1) is 11.1. The predicted octanol–water partition coefficient (Wildman–Crippen LogP) is 1.77. The molecule has 0 aliphatic heterocycles. The number of nitrogens with zero attached hydrogens (tertiary/aromatic N) is 2. The van der Waals surface area contributed by atoms with Crippen molar-refractivity contribution in [3.8, 4) is 0 Å². The van der Waals surface area contributed by atoms with Crippen molar-refractivity contribution in [2.45, 2.75) is 19.9 Å². The summed E-state index contributed by atoms with van der Waals surface area (Å²) < 4.78 is 18.6. The first kappa shape index (κ1) is 19.4. The molecule has 0 bridgehead atoms. The molecule has 130 valence electrons. The molecule has 0 fully saturated rings. The molecule has 1 aromatic carbocycles. The van der Waals surface area contributed by atoms with Crippen LogP contribution in [0.1, 0.15) is 17.5 Å². The Hall–Kier alpha value is -1.66. The van der Waals surface area contributed by atoms with Gasteiger partial charge in [-0.1, -0.05) is 12.1 Å². The Balaban J connectivity index is 2.28. The third-order valence-corrected chi connectivity index (χ3v) is 3.59. The van der Waals surface area contributed by atoms with Crippen molar-refractivity contribution in [2.75, 3.05) is 47.4 Å². The molecule has 2 N–H and O–H groups in total. The van der Waals surface area contributed by atoms with Crippen LogP contribution < -0.4 is 10.6 Å². The van der Waals surface area contributed by atoms with Gasteiger partial charge >= 0.3 is 0 Å². The number of hydrogen-bond acceptors (Lipinski definition) is 3. The molecule has 0 aromatic heterocycles. The summed E-state index contributed by atoms with van der Waals surface area (Å²) in [7, 11) is 5.53. The third-order valence-electron chi connectivity index (χ3n) is 3.59. The number of ether oxygens (including phenoxy) is 1. The minimum absolute atomic E-state index is 0.176. The van der Waals surface area contributed by atoms with E-state index in [2.05, 4.69) is 27.6 Å². The van der Waals surface area contributed by atoms with Gasteiger partial charge in [-0.25, -0.2) is 4.39 Å². The van der Waals surface area contributed by atoms with Crippen molar-refractivity contribution in [2.24, 2.45) is 4.99 Å². The molecule has 0 radical (unpaired) electrons. The van der Waals surface area contributed by atoms with Crippen LogP contribution in [0.15, 0.2) is 23.2 Å². The summed E-state index contributed by atoms with van der Waals surface area (Å²) in [5.41, 5.74) is 1.56. The average Bonchev–Trinajstić information content (AvgIpc) is 2.54. The van der Waals surface area contributed by atoms with Crippen LogP contribution in [0.3, 0.4) is 0 Å². The van der Waals surface area contributed by atoms with Crippen LogP contribution in [0, 0.1) is 12.7 Å². The normalized spacial score (nSPS) is 11.8. The maximum atomic E-state index is 13.5. The molecule has 0 amide bonds. The van der Waals surface area contributed by atoms with Gasteiger partial charge in [0, 0.05) is 46.9 Å². The summed E-state index contributed by atoms with van der Waals surface area (Å²) in [6.07, 6.45) is 1.03. The van der Waals surface area contributed by atoms with Gasteiger partial charge in [0.05, 0.1) is 0 Å². The van der Waals surface area contributed by atoms with Crippen molar-refractivity contribution >= 4 is 5.96 Å². The van der Waals surface area contributed by atoms with Crippen LogP contribution in [0.5, 0.6) is 0 Å². The number of likely N-dealkylation sites (N-methyl/N-ethyl adjacent to an activating group) is 1. The number of hydrogen-bond donors (Lipinski definition) is 2. The highest BCUT2D eigenvalue weighted by Crippen LogP contribution is 2.08. The maximum Gasteiger partial charge on any atom is 0.191 e. The molecule has 0 saturated carbocycles. The molecular formula is C17H29FN4O. The fourth-order valence-corrected chi connectivity index (χ4v) is 2.11. The van der Waals surface area contributed by atoms with E-state index >= 15 is 0 Å². The summed E-state index contributed by atoms with van der Waals surface area (Å²) in [6, 6.07) is 5.26. The first-order valence-electron chi connectivity index (χ1n) is 7.94. The lowest BCUT2D eigenvalue weighted by Crippen LogP contribution is -2.40. The van der Waals surface area contributed by atoms with Gasteiger partial charge in [-0.3, -0.25) is 4.99 Å². The van der Waals surface area contributed by atoms with E-state index in [4.69, 9.17) is 4.74 Å². The topological polar surface area (TPSA) is 48.9 Å². The van der Waals surface area contributed by atoms with E-state index in [1.807, 2.05) is 6.07 Å². The Kier molecular flexibility index (Phi) is 9.24. The Morgan fingerprint density at radius 2 is 2.09 bits per heavy atom. The fourth-order valence-electron chi connectivity index (χ4n) is 2.11. The third kappa shape index (κ3) is 7.95. The SMILES string of the molecule is CN=C(NCCN(C)CCCOC)NCc1ccc(C)c(F)c1. The molecule has 0 saturated heterocycles. The van der Waals surface area contributed by atoms with Gasteiger partial charge in [-0.2, -0.15) is 0 Å². The standard InChI is InChI=1S/C17H29FN4O/c1-14-6-7-15(12-16(14)18)13-21-17(19-2)20-8-10-22(3)9-5-11-23-4/h6-7,12H,5,8-11,13H2,1-4H3,(H2,19,20,21). The second-order valence-electron chi connectivity index (χ2n) is 5.59. The van der Waals surface area contributed by atoms with E-state index in [1.54, 1.807) is 33.2 Å². The quantitative estimate of drug-likeness (QED) is 0.413. The van der Waals surface area contributed by atoms with Crippen LogP contribution in [0.4, 0.5) is 4.39 Å². The summed E-state index contributed by atoms with van der Waals surface area (Å²) >= 11 is 0. The minimum atomic E-state index is -0.176. The summed E-state index contributed by atoms with van der Waals surface area (Å²) in [4.78, 5) is 6.42. The van der Waals surface area contributed by atoms with Gasteiger partial charge in [-0.15, -0.1) is 0 Å². The monoisotopic (exact) mass is 324 g/mol. The molecular weight excluding hydrogens is 295 g/mol. The van der Waals surface area contributed by atoms with Crippen molar-refractivity contribution in [3.05, 3.63) is 35.1 Å². The highest BCUT2D eigenvalue weighted by Gasteiger charge is 2.02. The fraction of sp³-hybridized carbons (Fsp3) is 0.588. The van der Waals surface area contributed by atoms with E-state index in [1.165, 1.54) is 0 Å². The highest BCUT2D eigenvalue weighted by atomic mass is 19.1. The molecule has 6 heteroatoms. The number of methoxy groups -OCH3 is 1. The van der Waals surface area contributed by atoms with Crippen molar-refractivity contribution < 1.29 is 9.13 Å². The van der Waals surface area contributed by atoms with Crippen molar-refractivity contribution in [1.82, 2.24) is 15.5 Å². The summed E-state index contributed by atoms with van der Waals surface area (Å²) in [5.74, 6) is 0.543. The maximum absolute atomic E-state index is 13.5. The zero-order valence-corrected chi connectivity index (χ0v) is 14.7.